The first kappa shape index (κ1) is 12.8. The van der Waals surface area contributed by atoms with E-state index in [1.54, 1.807) is 0 Å². The molecule has 1 aromatic rings. The van der Waals surface area contributed by atoms with Gasteiger partial charge in [-0.05, 0) is 0 Å². The van der Waals surface area contributed by atoms with Crippen molar-refractivity contribution < 1.29 is 4.79 Å². The predicted molar refractivity (Wildman–Crippen MR) is 71.1 cm³/mol. The molecular weight excluding hydrogens is 277 g/mol. The number of carbonyl (C=O) groups excluding carboxylic acids is 1. The fourth-order valence-corrected chi connectivity index (χ4v) is 3.53. The Morgan fingerprint density at radius 2 is 2.12 bits per heavy atom. The van der Waals surface area contributed by atoms with Gasteiger partial charge in [0.05, 0.1) is 0 Å². The quantitative estimate of drug-likeness (QED) is 0.795. The molecule has 3 heteroatoms. The summed E-state index contributed by atoms with van der Waals surface area (Å²) in [5.41, 5.74) is 1.32. The first-order chi connectivity index (χ1) is 8.31. The molecule has 0 bridgehead atoms. The Labute approximate surface area is 110 Å². The van der Waals surface area contributed by atoms with Crippen LogP contribution in [0.25, 0.3) is 0 Å². The number of piperidine rings is 1. The summed E-state index contributed by atoms with van der Waals surface area (Å²) >= 11 is 0.136. The van der Waals surface area contributed by atoms with Gasteiger partial charge < -0.3 is 0 Å². The summed E-state index contributed by atoms with van der Waals surface area (Å²) in [5, 5.41) is 0. The van der Waals surface area contributed by atoms with E-state index in [2.05, 4.69) is 29.2 Å². The summed E-state index contributed by atoms with van der Waals surface area (Å²) in [6, 6.07) is 10.7. The molecule has 1 heterocycles. The molecule has 0 aliphatic carbocycles. The van der Waals surface area contributed by atoms with E-state index in [4.69, 9.17) is 0 Å². The molecule has 1 unspecified atom stereocenters. The Morgan fingerprint density at radius 3 is 2.82 bits per heavy atom. The summed E-state index contributed by atoms with van der Waals surface area (Å²) in [5.74, 6) is 2.03. The van der Waals surface area contributed by atoms with E-state index in [0.717, 1.165) is 19.5 Å². The molecule has 0 aromatic heterocycles. The second-order valence-corrected chi connectivity index (χ2v) is 6.19. The van der Waals surface area contributed by atoms with Crippen molar-refractivity contribution in [3.05, 3.63) is 35.9 Å². The molecular formula is C14H19NOSe. The number of nitrogens with zero attached hydrogens (tertiary/aromatic N) is 1. The fraction of sp³-hybridized carbons (Fsp3) is 0.500. The van der Waals surface area contributed by atoms with Crippen molar-refractivity contribution >= 4 is 19.6 Å². The molecule has 92 valence electrons. The van der Waals surface area contributed by atoms with Crippen LogP contribution in [0.15, 0.2) is 30.3 Å². The molecule has 0 radical (unpaired) electrons. The SMILES string of the molecule is C[Se]C(=O)C1CCCCN1Cc1ccccc1. The van der Waals surface area contributed by atoms with Crippen LogP contribution in [-0.4, -0.2) is 37.1 Å². The summed E-state index contributed by atoms with van der Waals surface area (Å²) in [6.45, 7) is 1.99. The zero-order chi connectivity index (χ0) is 12.1. The van der Waals surface area contributed by atoms with Crippen molar-refractivity contribution in [2.75, 3.05) is 6.54 Å². The van der Waals surface area contributed by atoms with E-state index in [-0.39, 0.29) is 21.0 Å². The maximum atomic E-state index is 12.0. The van der Waals surface area contributed by atoms with Gasteiger partial charge in [-0.25, -0.2) is 0 Å². The Kier molecular flexibility index (Phi) is 4.78. The van der Waals surface area contributed by atoms with Crippen LogP contribution in [0.2, 0.25) is 5.82 Å². The van der Waals surface area contributed by atoms with Crippen LogP contribution in [-0.2, 0) is 11.3 Å². The first-order valence-corrected chi connectivity index (χ1v) is 8.74. The summed E-state index contributed by atoms with van der Waals surface area (Å²) in [7, 11) is 0. The molecule has 1 aliphatic heterocycles. The third-order valence-electron chi connectivity index (χ3n) is 3.32. The van der Waals surface area contributed by atoms with Gasteiger partial charge in [-0.2, -0.15) is 0 Å². The molecule has 2 rings (SSSR count). The van der Waals surface area contributed by atoms with E-state index in [1.807, 2.05) is 11.9 Å². The van der Waals surface area contributed by atoms with Crippen molar-refractivity contribution in [3.63, 3.8) is 0 Å². The van der Waals surface area contributed by atoms with Gasteiger partial charge in [0.1, 0.15) is 0 Å². The van der Waals surface area contributed by atoms with Gasteiger partial charge in [0.2, 0.25) is 0 Å². The topological polar surface area (TPSA) is 20.3 Å². The normalized spacial score (nSPS) is 21.4. The maximum absolute atomic E-state index is 12.0. The van der Waals surface area contributed by atoms with Gasteiger partial charge in [0, 0.05) is 0 Å². The van der Waals surface area contributed by atoms with Crippen molar-refractivity contribution in [3.8, 4) is 0 Å². The average Bonchev–Trinajstić information content (AvgIpc) is 2.40. The third-order valence-corrected chi connectivity index (χ3v) is 4.73. The van der Waals surface area contributed by atoms with Crippen LogP contribution in [0.3, 0.4) is 0 Å². The van der Waals surface area contributed by atoms with Crippen LogP contribution in [0.1, 0.15) is 24.8 Å². The van der Waals surface area contributed by atoms with Gasteiger partial charge in [0.25, 0.3) is 0 Å². The summed E-state index contributed by atoms with van der Waals surface area (Å²) < 4.78 is 0.466. The molecule has 2 nitrogen and oxygen atoms in total. The first-order valence-electron chi connectivity index (χ1n) is 6.17. The Balaban J connectivity index is 2.04. The minimum atomic E-state index is 0.136. The number of likely N-dealkylation sites (tertiary alicyclic amines) is 1. The number of rotatable bonds is 4. The molecule has 0 saturated carbocycles. The van der Waals surface area contributed by atoms with E-state index in [9.17, 15) is 4.79 Å². The standard InChI is InChI=1S/C14H19NOSe/c1-17-14(16)13-9-5-6-10-15(13)11-12-7-3-2-4-8-12/h2-4,7-8,13H,5-6,9-11H2,1H3. The van der Waals surface area contributed by atoms with Gasteiger partial charge in [-0.1, -0.05) is 0 Å². The van der Waals surface area contributed by atoms with Gasteiger partial charge >= 0.3 is 109 Å². The van der Waals surface area contributed by atoms with Crippen molar-refractivity contribution in [1.82, 2.24) is 4.90 Å². The molecule has 0 N–H and O–H groups in total. The summed E-state index contributed by atoms with van der Waals surface area (Å²) in [4.78, 5) is 14.3. The molecule has 1 aromatic carbocycles. The van der Waals surface area contributed by atoms with Gasteiger partial charge in [-0.3, -0.25) is 0 Å². The molecule has 17 heavy (non-hydrogen) atoms. The zero-order valence-corrected chi connectivity index (χ0v) is 12.0. The van der Waals surface area contributed by atoms with Crippen molar-refractivity contribution in [2.24, 2.45) is 0 Å². The molecule has 1 aliphatic rings. The molecule has 1 saturated heterocycles. The van der Waals surface area contributed by atoms with Gasteiger partial charge in [0.15, 0.2) is 0 Å². The van der Waals surface area contributed by atoms with E-state index < -0.39 is 0 Å². The number of hydrogen-bond acceptors (Lipinski definition) is 2. The Hall–Kier alpha value is -0.631. The Morgan fingerprint density at radius 1 is 1.35 bits per heavy atom. The Bertz CT molecular complexity index is 366. The van der Waals surface area contributed by atoms with Crippen molar-refractivity contribution in [2.45, 2.75) is 37.7 Å². The predicted octanol–water partition coefficient (Wildman–Crippen LogP) is 2.32. The third kappa shape index (κ3) is 3.41. The summed E-state index contributed by atoms with van der Waals surface area (Å²) in [6.07, 6.45) is 3.49. The second-order valence-electron chi connectivity index (χ2n) is 4.49. The van der Waals surface area contributed by atoms with Crippen molar-refractivity contribution in [1.29, 1.82) is 0 Å². The molecule has 0 amide bonds. The molecule has 0 spiro atoms. The van der Waals surface area contributed by atoms with Crippen LogP contribution in [0, 0.1) is 0 Å². The average molecular weight is 296 g/mol. The number of hydrogen-bond donors (Lipinski definition) is 0. The van der Waals surface area contributed by atoms with Crippen LogP contribution in [0.4, 0.5) is 0 Å². The van der Waals surface area contributed by atoms with Crippen LogP contribution >= 0.6 is 0 Å². The van der Waals surface area contributed by atoms with E-state index >= 15 is 0 Å². The zero-order valence-electron chi connectivity index (χ0n) is 10.3. The fourth-order valence-electron chi connectivity index (χ4n) is 2.40. The van der Waals surface area contributed by atoms with Crippen LogP contribution < -0.4 is 0 Å². The minimum absolute atomic E-state index is 0.136. The monoisotopic (exact) mass is 297 g/mol. The number of carbonyl (C=O) groups is 1. The number of benzene rings is 1. The van der Waals surface area contributed by atoms with E-state index in [0.29, 0.717) is 4.68 Å². The van der Waals surface area contributed by atoms with Crippen LogP contribution in [0.5, 0.6) is 0 Å². The second kappa shape index (κ2) is 6.34. The molecule has 1 atom stereocenters. The van der Waals surface area contributed by atoms with E-state index in [1.165, 1.54) is 18.4 Å². The molecule has 1 fully saturated rings. The van der Waals surface area contributed by atoms with Gasteiger partial charge in [-0.15, -0.1) is 0 Å².